The fourth-order valence-corrected chi connectivity index (χ4v) is 3.94. The van der Waals surface area contributed by atoms with Gasteiger partial charge in [-0.25, -0.2) is 0 Å². The summed E-state index contributed by atoms with van der Waals surface area (Å²) in [5.41, 5.74) is 3.21. The summed E-state index contributed by atoms with van der Waals surface area (Å²) < 4.78 is 1.21. The minimum atomic E-state index is -0.606. The van der Waals surface area contributed by atoms with Gasteiger partial charge in [0.2, 0.25) is 0 Å². The lowest BCUT2D eigenvalue weighted by atomic mass is 10.00. The molecule has 0 fully saturated rings. The van der Waals surface area contributed by atoms with Crippen LogP contribution in [0.5, 0.6) is 0 Å². The number of aliphatic hydroxyl groups is 1. The number of benzene rings is 2. The molecule has 0 amide bonds. The van der Waals surface area contributed by atoms with Crippen LogP contribution < -0.4 is 10.9 Å². The molecule has 0 saturated heterocycles. The van der Waals surface area contributed by atoms with Crippen molar-refractivity contribution in [3.63, 3.8) is 0 Å². The highest BCUT2D eigenvalue weighted by atomic mass is 35.5. The van der Waals surface area contributed by atoms with Crippen molar-refractivity contribution in [1.29, 1.82) is 0 Å². The molecule has 0 saturated carbocycles. The van der Waals surface area contributed by atoms with E-state index in [4.69, 9.17) is 23.2 Å². The van der Waals surface area contributed by atoms with Gasteiger partial charge in [-0.2, -0.15) is 9.78 Å². The molecular weight excluding hydrogens is 423 g/mol. The number of hydrogen-bond acceptors (Lipinski definition) is 5. The average Bonchev–Trinajstić information content (AvgIpc) is 2.75. The van der Waals surface area contributed by atoms with Crippen LogP contribution in [0.2, 0.25) is 10.0 Å². The van der Waals surface area contributed by atoms with Crippen molar-refractivity contribution >= 4 is 28.9 Å². The number of aliphatic hydroxyl groups excluding tert-OH is 1. The van der Waals surface area contributed by atoms with Gasteiger partial charge in [-0.15, -0.1) is 0 Å². The van der Waals surface area contributed by atoms with Crippen LogP contribution in [0.3, 0.4) is 0 Å². The highest BCUT2D eigenvalue weighted by molar-refractivity contribution is 6.33. The first kappa shape index (κ1) is 20.9. The molecule has 0 aliphatic carbocycles. The zero-order valence-electron chi connectivity index (χ0n) is 16.3. The normalized spacial score (nSPS) is 14.9. The Morgan fingerprint density at radius 3 is 2.60 bits per heavy atom. The Bertz CT molecular complexity index is 1090. The van der Waals surface area contributed by atoms with E-state index in [2.05, 4.69) is 33.5 Å². The molecule has 1 aliphatic rings. The molecule has 0 spiro atoms. The predicted octanol–water partition coefficient (Wildman–Crippen LogP) is 3.37. The zero-order valence-corrected chi connectivity index (χ0v) is 17.8. The molecule has 2 heterocycles. The van der Waals surface area contributed by atoms with Crippen LogP contribution in [0.15, 0.2) is 59.5 Å². The Morgan fingerprint density at radius 2 is 1.83 bits per heavy atom. The van der Waals surface area contributed by atoms with Crippen molar-refractivity contribution in [3.05, 3.63) is 86.3 Å². The highest BCUT2D eigenvalue weighted by Gasteiger charge is 2.19. The van der Waals surface area contributed by atoms with Gasteiger partial charge in [-0.05, 0) is 41.8 Å². The molecule has 6 nitrogen and oxygen atoms in total. The predicted molar refractivity (Wildman–Crippen MR) is 120 cm³/mol. The lowest BCUT2D eigenvalue weighted by Crippen LogP contribution is -2.39. The summed E-state index contributed by atoms with van der Waals surface area (Å²) in [6.07, 6.45) is 1.86. The van der Waals surface area contributed by atoms with Crippen LogP contribution in [0.25, 0.3) is 5.69 Å². The lowest BCUT2D eigenvalue weighted by molar-refractivity contribution is 0.114. The van der Waals surface area contributed by atoms with E-state index in [1.165, 1.54) is 22.0 Å². The summed E-state index contributed by atoms with van der Waals surface area (Å²) in [5.74, 6) is 0. The molecule has 0 radical (unpaired) electrons. The SMILES string of the molecule is O=c1c(Cl)c(NCC(O)CN2CCc3ccccc3C2)cnn1-c1ccc(Cl)cc1. The third-order valence-corrected chi connectivity index (χ3v) is 5.81. The number of hydrogen-bond donors (Lipinski definition) is 2. The topological polar surface area (TPSA) is 70.4 Å². The van der Waals surface area contributed by atoms with Gasteiger partial charge >= 0.3 is 0 Å². The first-order chi connectivity index (χ1) is 14.5. The zero-order chi connectivity index (χ0) is 21.1. The number of halogens is 2. The molecule has 3 aromatic rings. The van der Waals surface area contributed by atoms with Crippen molar-refractivity contribution in [1.82, 2.24) is 14.7 Å². The number of aromatic nitrogens is 2. The van der Waals surface area contributed by atoms with Crippen molar-refractivity contribution in [2.75, 3.05) is 25.0 Å². The van der Waals surface area contributed by atoms with Crippen LogP contribution in [0.1, 0.15) is 11.1 Å². The van der Waals surface area contributed by atoms with E-state index in [0.717, 1.165) is 19.5 Å². The quantitative estimate of drug-likeness (QED) is 0.609. The van der Waals surface area contributed by atoms with Crippen LogP contribution in [0.4, 0.5) is 5.69 Å². The molecular formula is C22H22Cl2N4O2. The van der Waals surface area contributed by atoms with Gasteiger partial charge in [0.05, 0.1) is 23.7 Å². The minimum Gasteiger partial charge on any atom is -0.390 e. The second-order valence-electron chi connectivity index (χ2n) is 7.35. The molecule has 0 bridgehead atoms. The summed E-state index contributed by atoms with van der Waals surface area (Å²) in [4.78, 5) is 14.8. The van der Waals surface area contributed by atoms with E-state index in [9.17, 15) is 9.90 Å². The molecule has 1 aromatic heterocycles. The van der Waals surface area contributed by atoms with Crippen molar-refractivity contribution in [3.8, 4) is 5.69 Å². The van der Waals surface area contributed by atoms with E-state index in [1.807, 2.05) is 6.07 Å². The fourth-order valence-electron chi connectivity index (χ4n) is 3.62. The standard InChI is InChI=1S/C22H22Cl2N4O2/c23-17-5-7-18(8-6-17)28-22(30)21(24)20(12-26-28)25-11-19(29)14-27-10-9-15-3-1-2-4-16(15)13-27/h1-8,12,19,25,29H,9-11,13-14H2. The van der Waals surface area contributed by atoms with Gasteiger partial charge in [0.15, 0.2) is 0 Å². The van der Waals surface area contributed by atoms with E-state index in [1.54, 1.807) is 24.3 Å². The van der Waals surface area contributed by atoms with Crippen molar-refractivity contribution in [2.24, 2.45) is 0 Å². The molecule has 4 rings (SSSR count). The van der Waals surface area contributed by atoms with Gasteiger partial charge in [0.1, 0.15) is 5.02 Å². The maximum atomic E-state index is 12.6. The number of nitrogens with zero attached hydrogens (tertiary/aromatic N) is 3. The van der Waals surface area contributed by atoms with Crippen LogP contribution in [-0.4, -0.2) is 45.5 Å². The summed E-state index contributed by atoms with van der Waals surface area (Å²) in [5, 5.41) is 18.3. The minimum absolute atomic E-state index is 0.0269. The molecule has 1 aliphatic heterocycles. The van der Waals surface area contributed by atoms with Gasteiger partial charge < -0.3 is 10.4 Å². The molecule has 1 unspecified atom stereocenters. The third-order valence-electron chi connectivity index (χ3n) is 5.20. The molecule has 2 aromatic carbocycles. The number of nitrogens with one attached hydrogen (secondary N) is 1. The van der Waals surface area contributed by atoms with E-state index in [-0.39, 0.29) is 11.6 Å². The average molecular weight is 445 g/mol. The smallest absolute Gasteiger partial charge is 0.292 e. The fraction of sp³-hybridized carbons (Fsp3) is 0.273. The van der Waals surface area contributed by atoms with E-state index < -0.39 is 11.7 Å². The van der Waals surface area contributed by atoms with Gasteiger partial charge in [-0.3, -0.25) is 9.69 Å². The summed E-state index contributed by atoms with van der Waals surface area (Å²) in [7, 11) is 0. The first-order valence-electron chi connectivity index (χ1n) is 9.76. The third kappa shape index (κ3) is 4.68. The van der Waals surface area contributed by atoms with Crippen LogP contribution in [0, 0.1) is 0 Å². The van der Waals surface area contributed by atoms with Gasteiger partial charge in [0, 0.05) is 31.2 Å². The Hall–Kier alpha value is -2.38. The summed E-state index contributed by atoms with van der Waals surface area (Å²) >= 11 is 12.1. The molecule has 1 atom stereocenters. The van der Waals surface area contributed by atoms with E-state index in [0.29, 0.717) is 22.9 Å². The summed E-state index contributed by atoms with van der Waals surface area (Å²) in [6, 6.07) is 15.1. The van der Waals surface area contributed by atoms with Crippen molar-refractivity contribution < 1.29 is 5.11 Å². The largest absolute Gasteiger partial charge is 0.390 e. The lowest BCUT2D eigenvalue weighted by Gasteiger charge is -2.30. The number of rotatable bonds is 6. The number of anilines is 1. The molecule has 30 heavy (non-hydrogen) atoms. The Labute approximate surface area is 184 Å². The van der Waals surface area contributed by atoms with Crippen LogP contribution >= 0.6 is 23.2 Å². The van der Waals surface area contributed by atoms with Gasteiger partial charge in [-0.1, -0.05) is 47.5 Å². The van der Waals surface area contributed by atoms with Crippen molar-refractivity contribution in [2.45, 2.75) is 19.1 Å². The van der Waals surface area contributed by atoms with Gasteiger partial charge in [0.25, 0.3) is 5.56 Å². The number of fused-ring (bicyclic) bond motifs is 1. The maximum Gasteiger partial charge on any atom is 0.292 e. The highest BCUT2D eigenvalue weighted by Crippen LogP contribution is 2.20. The molecule has 8 heteroatoms. The monoisotopic (exact) mass is 444 g/mol. The second-order valence-corrected chi connectivity index (χ2v) is 8.17. The van der Waals surface area contributed by atoms with E-state index >= 15 is 0 Å². The molecule has 156 valence electrons. The maximum absolute atomic E-state index is 12.6. The Morgan fingerprint density at radius 1 is 1.10 bits per heavy atom. The second kappa shape index (κ2) is 9.18. The Balaban J connectivity index is 1.37. The van der Waals surface area contributed by atoms with Crippen LogP contribution in [-0.2, 0) is 13.0 Å². The molecule has 2 N–H and O–H groups in total. The number of β-amino-alcohol motifs (C(OH)–C–C–N with tert-alkyl or cyclic N) is 1. The first-order valence-corrected chi connectivity index (χ1v) is 10.5. The summed E-state index contributed by atoms with van der Waals surface area (Å²) in [6.45, 7) is 2.54. The Kier molecular flexibility index (Phi) is 6.39.